The molecule has 71 heavy (non-hydrogen) atoms. The van der Waals surface area contributed by atoms with Crippen LogP contribution in [0.3, 0.4) is 0 Å². The minimum atomic E-state index is -1.94. The number of fused-ring (bicyclic) bond motifs is 7. The third-order valence-corrected chi connectivity index (χ3v) is 19.7. The van der Waals surface area contributed by atoms with Gasteiger partial charge in [-0.1, -0.05) is 73.5 Å². The van der Waals surface area contributed by atoms with Crippen LogP contribution in [0.4, 0.5) is 0 Å². The van der Waals surface area contributed by atoms with Crippen molar-refractivity contribution in [2.45, 2.75) is 225 Å². The maximum atomic E-state index is 15.2. The molecule has 7 fully saturated rings. The number of hydrogen-bond acceptors (Lipinski definition) is 19. The monoisotopic (exact) mass is 1010 g/mol. The van der Waals surface area contributed by atoms with Crippen LogP contribution >= 0.6 is 0 Å². The molecule has 404 valence electrons. The summed E-state index contributed by atoms with van der Waals surface area (Å²) in [7, 11) is 0. The number of aliphatic hydroxyl groups excluding tert-OH is 9. The zero-order valence-electron chi connectivity index (χ0n) is 42.8. The van der Waals surface area contributed by atoms with Crippen molar-refractivity contribution in [1.82, 2.24) is 0 Å². The minimum Gasteiger partial charge on any atom is -0.432 e. The molecule has 3 aliphatic heterocycles. The molecular formula is C52H82O19. The van der Waals surface area contributed by atoms with E-state index in [2.05, 4.69) is 47.6 Å². The SMILES string of the molecule is CCCCO[C@@H]1C=C2[C@@H]3CC(C)(C)C(=O)C[C@]3(C(=O)O[C@@H]3O[C@H](CO[C@@H]4O[C@H](CO)[C@@H](O[C@@H]5O[C@@H](C)[C@H](O)[C@@H](O)[C@H]5O)[C@H](O)[C@H]4O)[C@@H](O)[C@H](O)[C@H]3O)CC[C@@]2(C)[C@]2(C)CC[C@H]3C(C)(C)C(=O)CC[C@]3(C)[C@@H]12. The Morgan fingerprint density at radius 2 is 1.38 bits per heavy atom. The molecule has 0 aromatic carbocycles. The lowest BCUT2D eigenvalue weighted by Gasteiger charge is -2.71. The van der Waals surface area contributed by atoms with Gasteiger partial charge in [-0.3, -0.25) is 14.4 Å². The molecule has 19 nitrogen and oxygen atoms in total. The molecule has 23 atom stereocenters. The van der Waals surface area contributed by atoms with Crippen LogP contribution in [0.2, 0.25) is 0 Å². The number of unbranched alkanes of at least 4 members (excludes halogenated alkanes) is 1. The van der Waals surface area contributed by atoms with Gasteiger partial charge in [-0.25, -0.2) is 0 Å². The van der Waals surface area contributed by atoms with Crippen LogP contribution in [0.1, 0.15) is 127 Å². The average molecular weight is 1010 g/mol. The molecule has 3 heterocycles. The van der Waals surface area contributed by atoms with Gasteiger partial charge in [-0.2, -0.15) is 0 Å². The average Bonchev–Trinajstić information content (AvgIpc) is 3.31. The number of hydrogen-bond donors (Lipinski definition) is 9. The highest BCUT2D eigenvalue weighted by Crippen LogP contribution is 2.76. The second-order valence-corrected chi connectivity index (χ2v) is 24.4. The number of ketones is 2. The van der Waals surface area contributed by atoms with Gasteiger partial charge in [0.25, 0.3) is 0 Å². The summed E-state index contributed by atoms with van der Waals surface area (Å²) in [6.45, 7) is 17.7. The Labute approximate surface area is 416 Å². The highest BCUT2D eigenvalue weighted by Gasteiger charge is 2.72. The first kappa shape index (κ1) is 55.2. The summed E-state index contributed by atoms with van der Waals surface area (Å²) in [6, 6.07) is 0. The highest BCUT2D eigenvalue weighted by atomic mass is 16.8. The van der Waals surface area contributed by atoms with Crippen LogP contribution in [0.25, 0.3) is 0 Å². The summed E-state index contributed by atoms with van der Waals surface area (Å²) in [5.74, 6) is -0.875. The van der Waals surface area contributed by atoms with Gasteiger partial charge in [0.05, 0.1) is 30.8 Å². The van der Waals surface area contributed by atoms with Crippen LogP contribution in [0, 0.1) is 50.2 Å². The quantitative estimate of drug-likeness (QED) is 0.0757. The van der Waals surface area contributed by atoms with E-state index in [1.54, 1.807) is 0 Å². The number of Topliss-reactive ketones (excluding diaryl/α,β-unsaturated/α-hetero) is 2. The van der Waals surface area contributed by atoms with Gasteiger partial charge in [0.2, 0.25) is 6.29 Å². The zero-order valence-corrected chi connectivity index (χ0v) is 42.8. The van der Waals surface area contributed by atoms with E-state index < -0.39 is 139 Å². The summed E-state index contributed by atoms with van der Waals surface area (Å²) in [5, 5.41) is 96.9. The lowest BCUT2D eigenvalue weighted by atomic mass is 9.33. The lowest BCUT2D eigenvalue weighted by Crippen LogP contribution is -2.68. The van der Waals surface area contributed by atoms with Crippen LogP contribution in [-0.4, -0.2) is 182 Å². The largest absolute Gasteiger partial charge is 0.432 e. The van der Waals surface area contributed by atoms with Crippen LogP contribution in [-0.2, 0) is 47.5 Å². The number of esters is 1. The minimum absolute atomic E-state index is 0.0647. The first-order chi connectivity index (χ1) is 33.1. The molecule has 19 heteroatoms. The Hall–Kier alpha value is -2.05. The van der Waals surface area contributed by atoms with E-state index in [4.69, 9.17) is 33.2 Å². The fourth-order valence-corrected chi connectivity index (χ4v) is 15.0. The molecule has 0 unspecified atom stereocenters. The van der Waals surface area contributed by atoms with Gasteiger partial charge in [0.15, 0.2) is 12.6 Å². The molecule has 8 aliphatic rings. The highest BCUT2D eigenvalue weighted by molar-refractivity contribution is 5.93. The first-order valence-corrected chi connectivity index (χ1v) is 26.1. The van der Waals surface area contributed by atoms with Crippen molar-refractivity contribution in [2.24, 2.45) is 50.2 Å². The van der Waals surface area contributed by atoms with E-state index in [0.717, 1.165) is 37.7 Å². The number of allylic oxidation sites excluding steroid dienone is 1. The van der Waals surface area contributed by atoms with Crippen molar-refractivity contribution in [3.63, 3.8) is 0 Å². The molecule has 0 spiro atoms. The second kappa shape index (κ2) is 19.8. The van der Waals surface area contributed by atoms with Crippen molar-refractivity contribution >= 4 is 17.5 Å². The van der Waals surface area contributed by atoms with Crippen molar-refractivity contribution < 1.29 is 93.5 Å². The number of aliphatic hydroxyl groups is 9. The van der Waals surface area contributed by atoms with E-state index in [9.17, 15) is 55.5 Å². The summed E-state index contributed by atoms with van der Waals surface area (Å²) < 4.78 is 41.7. The summed E-state index contributed by atoms with van der Waals surface area (Å²) in [4.78, 5) is 42.9. The third kappa shape index (κ3) is 8.93. The number of rotatable bonds is 12. The molecule has 0 radical (unpaired) electrons. The standard InChI is InChI=1S/C52H82O19/c1-10-11-18-65-27-19-25-26-20-47(3,4)32(55)21-52(26,17-16-50(25,8)51(9)15-12-30-48(5,6)31(54)13-14-49(30,7)42(27)51)46(64)71-45-39(62)36(59)34(57)29(69-45)23-66-43-40(63)37(60)41(28(22-53)68-43)70-44-38(61)35(58)33(56)24(2)67-44/h19,24,26-30,33-45,53,56-63H,10-18,20-23H2,1-9H3/t24-,26-,27+,28+,29+,30-,33-,34+,35+,36-,37+,38+,39+,40+,41+,42+,43+,44-,45-,49-,50+,51+,52+/m0/s1. The van der Waals surface area contributed by atoms with Gasteiger partial charge in [-0.15, -0.1) is 0 Å². The van der Waals surface area contributed by atoms with Crippen molar-refractivity contribution in [2.75, 3.05) is 19.8 Å². The van der Waals surface area contributed by atoms with Crippen LogP contribution in [0.15, 0.2) is 11.6 Å². The van der Waals surface area contributed by atoms with Crippen molar-refractivity contribution in [3.8, 4) is 0 Å². The predicted octanol–water partition coefficient (Wildman–Crippen LogP) is 1.35. The maximum Gasteiger partial charge on any atom is 0.315 e. The van der Waals surface area contributed by atoms with Crippen molar-refractivity contribution in [1.29, 1.82) is 0 Å². The van der Waals surface area contributed by atoms with Gasteiger partial charge < -0.3 is 79.1 Å². The van der Waals surface area contributed by atoms with E-state index in [1.807, 2.05) is 13.8 Å². The summed E-state index contributed by atoms with van der Waals surface area (Å²) >= 11 is 0. The Morgan fingerprint density at radius 1 is 0.732 bits per heavy atom. The van der Waals surface area contributed by atoms with E-state index in [1.165, 1.54) is 6.92 Å². The first-order valence-electron chi connectivity index (χ1n) is 26.1. The van der Waals surface area contributed by atoms with Gasteiger partial charge >= 0.3 is 5.97 Å². The van der Waals surface area contributed by atoms with Gasteiger partial charge in [-0.05, 0) is 80.0 Å². The number of carbonyl (C=O) groups is 3. The smallest absolute Gasteiger partial charge is 0.315 e. The molecule has 9 N–H and O–H groups in total. The van der Waals surface area contributed by atoms with E-state index >= 15 is 4.79 Å². The summed E-state index contributed by atoms with van der Waals surface area (Å²) in [6.07, 6.45) is -17.2. The normalized spacial score (nSPS) is 50.5. The summed E-state index contributed by atoms with van der Waals surface area (Å²) in [5.41, 5.74) is -2.61. The molecular weight excluding hydrogens is 929 g/mol. The molecule has 0 bridgehead atoms. The Morgan fingerprint density at radius 3 is 2.06 bits per heavy atom. The van der Waals surface area contributed by atoms with E-state index in [0.29, 0.717) is 31.7 Å². The van der Waals surface area contributed by atoms with Crippen LogP contribution < -0.4 is 0 Å². The Balaban J connectivity index is 1.03. The van der Waals surface area contributed by atoms with Gasteiger partial charge in [0.1, 0.15) is 78.7 Å². The van der Waals surface area contributed by atoms with Gasteiger partial charge in [0, 0.05) is 36.2 Å². The molecule has 5 aliphatic carbocycles. The molecule has 8 rings (SSSR count). The second-order valence-electron chi connectivity index (χ2n) is 24.4. The number of ether oxygens (including phenoxy) is 7. The topological polar surface area (TPSA) is 298 Å². The van der Waals surface area contributed by atoms with Crippen molar-refractivity contribution in [3.05, 3.63) is 11.6 Å². The molecule has 0 aromatic rings. The predicted molar refractivity (Wildman–Crippen MR) is 248 cm³/mol. The molecule has 3 saturated heterocycles. The molecule has 0 amide bonds. The Kier molecular flexibility index (Phi) is 15.4. The third-order valence-electron chi connectivity index (χ3n) is 19.7. The zero-order chi connectivity index (χ0) is 52.1. The lowest BCUT2D eigenvalue weighted by molar-refractivity contribution is -0.361. The maximum absolute atomic E-state index is 15.2. The van der Waals surface area contributed by atoms with E-state index in [-0.39, 0.29) is 47.4 Å². The Bertz CT molecular complexity index is 2010. The van der Waals surface area contributed by atoms with Crippen LogP contribution in [0.5, 0.6) is 0 Å². The number of carbonyl (C=O) groups excluding carboxylic acids is 3. The molecule has 4 saturated carbocycles. The fourth-order valence-electron chi connectivity index (χ4n) is 15.0. The fraction of sp³-hybridized carbons (Fsp3) is 0.904. The molecule has 0 aromatic heterocycles.